The molecule has 142 valence electrons. The topological polar surface area (TPSA) is 68.5 Å². The Balaban J connectivity index is 1.32. The summed E-state index contributed by atoms with van der Waals surface area (Å²) >= 11 is 0. The normalized spacial score (nSPS) is 33.1. The van der Waals surface area contributed by atoms with Crippen LogP contribution < -0.4 is 5.32 Å². The molecule has 0 spiro atoms. The summed E-state index contributed by atoms with van der Waals surface area (Å²) < 4.78 is 10.5. The first kappa shape index (κ1) is 17.6. The van der Waals surface area contributed by atoms with E-state index >= 15 is 0 Å². The van der Waals surface area contributed by atoms with E-state index in [4.69, 9.17) is 9.15 Å². The van der Waals surface area contributed by atoms with Crippen molar-refractivity contribution in [2.24, 2.45) is 23.2 Å². The molecule has 5 rings (SSSR count). The van der Waals surface area contributed by atoms with E-state index in [2.05, 4.69) is 12.2 Å². The predicted octanol–water partition coefficient (Wildman–Crippen LogP) is 3.77. The Bertz CT molecular complexity index is 684. The van der Waals surface area contributed by atoms with Crippen LogP contribution in [-0.2, 0) is 9.53 Å². The summed E-state index contributed by atoms with van der Waals surface area (Å²) in [5.41, 5.74) is 0.650. The van der Waals surface area contributed by atoms with Gasteiger partial charge in [-0.2, -0.15) is 0 Å². The average Bonchev–Trinajstić information content (AvgIpc) is 2.90. The van der Waals surface area contributed by atoms with Crippen LogP contribution >= 0.6 is 0 Å². The molecule has 5 nitrogen and oxygen atoms in total. The summed E-state index contributed by atoms with van der Waals surface area (Å²) in [4.78, 5) is 24.5. The zero-order chi connectivity index (χ0) is 18.5. The van der Waals surface area contributed by atoms with Gasteiger partial charge in [0.05, 0.1) is 0 Å². The summed E-state index contributed by atoms with van der Waals surface area (Å²) in [6, 6.07) is 1.79. The van der Waals surface area contributed by atoms with E-state index in [0.29, 0.717) is 17.1 Å². The highest BCUT2D eigenvalue weighted by molar-refractivity contribution is 5.92. The van der Waals surface area contributed by atoms with Gasteiger partial charge < -0.3 is 14.5 Å². The number of furan rings is 1. The molecule has 26 heavy (non-hydrogen) atoms. The number of aryl methyl sites for hydroxylation is 2. The smallest absolute Gasteiger partial charge is 0.342 e. The Morgan fingerprint density at radius 1 is 1.19 bits per heavy atom. The van der Waals surface area contributed by atoms with Gasteiger partial charge in [-0.05, 0) is 88.5 Å². The molecule has 5 heteroatoms. The second-order valence-corrected chi connectivity index (χ2v) is 8.97. The quantitative estimate of drug-likeness (QED) is 0.813. The molecular weight excluding hydrogens is 330 g/mol. The Morgan fingerprint density at radius 3 is 2.27 bits per heavy atom. The number of ether oxygens (including phenoxy) is 1. The van der Waals surface area contributed by atoms with Crippen molar-refractivity contribution in [2.75, 3.05) is 6.61 Å². The van der Waals surface area contributed by atoms with Crippen LogP contribution in [0.3, 0.4) is 0 Å². The molecule has 1 heterocycles. The first-order valence-electron chi connectivity index (χ1n) is 9.88. The second kappa shape index (κ2) is 6.43. The maximum absolute atomic E-state index is 12.4. The van der Waals surface area contributed by atoms with Gasteiger partial charge in [-0.15, -0.1) is 0 Å². The zero-order valence-corrected chi connectivity index (χ0v) is 16.0. The van der Waals surface area contributed by atoms with Crippen LogP contribution in [0, 0.1) is 37.0 Å². The first-order valence-corrected chi connectivity index (χ1v) is 9.88. The van der Waals surface area contributed by atoms with Crippen molar-refractivity contribution in [1.29, 1.82) is 0 Å². The molecule has 4 aliphatic rings. The molecule has 4 saturated carbocycles. The van der Waals surface area contributed by atoms with Gasteiger partial charge in [-0.25, -0.2) is 4.79 Å². The summed E-state index contributed by atoms with van der Waals surface area (Å²) in [7, 11) is 0. The van der Waals surface area contributed by atoms with Crippen LogP contribution in [0.5, 0.6) is 0 Å². The molecule has 1 aromatic rings. The predicted molar refractivity (Wildman–Crippen MR) is 96.7 cm³/mol. The fourth-order valence-electron chi connectivity index (χ4n) is 6.19. The van der Waals surface area contributed by atoms with Crippen molar-refractivity contribution in [3.63, 3.8) is 0 Å². The minimum absolute atomic E-state index is 0.139. The van der Waals surface area contributed by atoms with Crippen molar-refractivity contribution in [3.8, 4) is 0 Å². The fourth-order valence-corrected chi connectivity index (χ4v) is 6.19. The van der Waals surface area contributed by atoms with E-state index in [1.165, 1.54) is 38.5 Å². The molecule has 1 atom stereocenters. The van der Waals surface area contributed by atoms with E-state index in [1.54, 1.807) is 19.9 Å². The number of carbonyl (C=O) groups excluding carboxylic acids is 2. The molecule has 1 amide bonds. The average molecular weight is 359 g/mol. The number of amides is 1. The van der Waals surface area contributed by atoms with Crippen LogP contribution in [0.2, 0.25) is 0 Å². The highest BCUT2D eigenvalue weighted by Crippen LogP contribution is 2.61. The maximum Gasteiger partial charge on any atom is 0.342 e. The third kappa shape index (κ3) is 3.17. The van der Waals surface area contributed by atoms with Gasteiger partial charge in [0.2, 0.25) is 0 Å². The van der Waals surface area contributed by atoms with Crippen LogP contribution in [0.4, 0.5) is 0 Å². The van der Waals surface area contributed by atoms with Crippen molar-refractivity contribution in [1.82, 2.24) is 5.32 Å². The lowest BCUT2D eigenvalue weighted by Crippen LogP contribution is -2.56. The van der Waals surface area contributed by atoms with Crippen LogP contribution in [0.15, 0.2) is 10.5 Å². The number of carbonyl (C=O) groups is 2. The Morgan fingerprint density at radius 2 is 1.77 bits per heavy atom. The molecular formula is C21H29NO4. The monoisotopic (exact) mass is 359 g/mol. The highest BCUT2D eigenvalue weighted by atomic mass is 16.5. The standard InChI is InChI=1S/C21H29NO4/c1-12-4-18(13(2)26-12)20(24)25-11-19(23)22-14(3)21-8-15-5-16(9-21)7-17(6-15)10-21/h4,14-17H,5-11H2,1-3H3,(H,22,23). The molecule has 1 aromatic heterocycles. The summed E-state index contributed by atoms with van der Waals surface area (Å²) in [6.45, 7) is 5.40. The summed E-state index contributed by atoms with van der Waals surface area (Å²) in [5, 5.41) is 3.12. The lowest BCUT2D eigenvalue weighted by atomic mass is 9.48. The SMILES string of the molecule is Cc1cc(C(=O)OCC(=O)NC(C)C23CC4CC(CC(C4)C2)C3)c(C)o1. The van der Waals surface area contributed by atoms with E-state index in [9.17, 15) is 9.59 Å². The van der Waals surface area contributed by atoms with Gasteiger partial charge in [0.1, 0.15) is 17.1 Å². The number of esters is 1. The van der Waals surface area contributed by atoms with Crippen molar-refractivity contribution < 1.29 is 18.7 Å². The van der Waals surface area contributed by atoms with Gasteiger partial charge >= 0.3 is 5.97 Å². The number of hydrogen-bond donors (Lipinski definition) is 1. The molecule has 4 fully saturated rings. The lowest BCUT2D eigenvalue weighted by Gasteiger charge is -2.59. The molecule has 1 N–H and O–H groups in total. The maximum atomic E-state index is 12.4. The Labute approximate surface area is 154 Å². The van der Waals surface area contributed by atoms with Gasteiger partial charge in [0.15, 0.2) is 6.61 Å². The molecule has 4 aliphatic carbocycles. The molecule has 4 bridgehead atoms. The van der Waals surface area contributed by atoms with Crippen molar-refractivity contribution >= 4 is 11.9 Å². The highest BCUT2D eigenvalue weighted by Gasteiger charge is 2.53. The molecule has 0 aliphatic heterocycles. The lowest BCUT2D eigenvalue weighted by molar-refractivity contribution is -0.128. The largest absolute Gasteiger partial charge is 0.466 e. The van der Waals surface area contributed by atoms with Crippen LogP contribution in [0.25, 0.3) is 0 Å². The van der Waals surface area contributed by atoms with E-state index in [1.807, 2.05) is 0 Å². The van der Waals surface area contributed by atoms with Crippen molar-refractivity contribution in [2.45, 2.75) is 65.3 Å². The Kier molecular flexibility index (Phi) is 4.36. The van der Waals surface area contributed by atoms with E-state index < -0.39 is 5.97 Å². The van der Waals surface area contributed by atoms with Crippen molar-refractivity contribution in [3.05, 3.63) is 23.2 Å². The van der Waals surface area contributed by atoms with E-state index in [-0.39, 0.29) is 24.0 Å². The number of nitrogens with one attached hydrogen (secondary N) is 1. The second-order valence-electron chi connectivity index (χ2n) is 8.97. The van der Waals surface area contributed by atoms with Gasteiger partial charge in [-0.3, -0.25) is 4.79 Å². The summed E-state index contributed by atoms with van der Waals surface area (Å²) in [5.74, 6) is 3.03. The molecule has 0 radical (unpaired) electrons. The van der Waals surface area contributed by atoms with Gasteiger partial charge in [0.25, 0.3) is 5.91 Å². The molecule has 0 aromatic carbocycles. The van der Waals surface area contributed by atoms with Gasteiger partial charge in [-0.1, -0.05) is 0 Å². The molecule has 1 unspecified atom stereocenters. The van der Waals surface area contributed by atoms with E-state index in [0.717, 1.165) is 17.8 Å². The summed E-state index contributed by atoms with van der Waals surface area (Å²) in [6.07, 6.45) is 7.90. The van der Waals surface area contributed by atoms with Crippen LogP contribution in [-0.4, -0.2) is 24.5 Å². The van der Waals surface area contributed by atoms with Gasteiger partial charge in [0, 0.05) is 6.04 Å². The fraction of sp³-hybridized carbons (Fsp3) is 0.714. The minimum atomic E-state index is -0.503. The number of hydrogen-bond acceptors (Lipinski definition) is 4. The third-order valence-corrected chi connectivity index (χ3v) is 6.98. The minimum Gasteiger partial charge on any atom is -0.466 e. The third-order valence-electron chi connectivity index (χ3n) is 6.98. The van der Waals surface area contributed by atoms with Crippen LogP contribution in [0.1, 0.15) is 67.3 Å². The zero-order valence-electron chi connectivity index (χ0n) is 16.0. The Hall–Kier alpha value is -1.78. The number of rotatable bonds is 5. The first-order chi connectivity index (χ1) is 12.3. The molecule has 0 saturated heterocycles.